The van der Waals surface area contributed by atoms with Crippen molar-refractivity contribution in [1.82, 2.24) is 19.9 Å². The second-order valence-electron chi connectivity index (χ2n) is 9.71. The Kier molecular flexibility index (Phi) is 6.55. The number of ether oxygens (including phenoxy) is 1. The minimum Gasteiger partial charge on any atom is -0.382 e. The lowest BCUT2D eigenvalue weighted by molar-refractivity contribution is 0.0850. The molecule has 186 valence electrons. The topological polar surface area (TPSA) is 97.1 Å². The molecule has 7 nitrogen and oxygen atoms in total. The number of nitrogen functional groups attached to an aromatic ring is 1. The summed E-state index contributed by atoms with van der Waals surface area (Å²) in [5, 5.41) is 0.937. The van der Waals surface area contributed by atoms with Gasteiger partial charge in [-0.3, -0.25) is 4.79 Å². The van der Waals surface area contributed by atoms with Crippen molar-refractivity contribution in [2.45, 2.75) is 32.2 Å². The molecule has 0 spiro atoms. The Hall–Kier alpha value is -3.62. The summed E-state index contributed by atoms with van der Waals surface area (Å²) in [6, 6.07) is 9.24. The zero-order valence-corrected chi connectivity index (χ0v) is 20.8. The summed E-state index contributed by atoms with van der Waals surface area (Å²) >= 11 is 0. The van der Waals surface area contributed by atoms with Crippen molar-refractivity contribution in [2.75, 3.05) is 33.0 Å². The van der Waals surface area contributed by atoms with E-state index >= 15 is 4.39 Å². The second kappa shape index (κ2) is 9.79. The number of benzene rings is 2. The standard InChI is InChI=1S/C28H30FN5O2/c1-16-13-32-28(35)22-12-24(29)23(11-21(16)22)26-27(30)31-14-25(33-26)18-4-5-20(17-6-8-36-9-7-17)19(10-18)15-34(2)3/h4-5,10-14,17H,6-9,15H2,1-3H3,(H2,30,31)(H,32,35). The number of aromatic nitrogens is 3. The van der Waals surface area contributed by atoms with Crippen LogP contribution < -0.4 is 11.3 Å². The summed E-state index contributed by atoms with van der Waals surface area (Å²) in [5.74, 6) is 0.0284. The van der Waals surface area contributed by atoms with Crippen LogP contribution in [0.25, 0.3) is 33.3 Å². The highest BCUT2D eigenvalue weighted by Crippen LogP contribution is 2.34. The van der Waals surface area contributed by atoms with Gasteiger partial charge in [-0.1, -0.05) is 12.1 Å². The van der Waals surface area contributed by atoms with Crippen molar-refractivity contribution in [3.8, 4) is 22.5 Å². The number of anilines is 1. The zero-order chi connectivity index (χ0) is 25.4. The molecule has 1 aliphatic rings. The van der Waals surface area contributed by atoms with E-state index in [1.54, 1.807) is 18.5 Å². The molecule has 0 unspecified atom stereocenters. The number of nitrogens with two attached hydrogens (primary N) is 1. The molecule has 8 heteroatoms. The molecule has 3 N–H and O–H groups in total. The summed E-state index contributed by atoms with van der Waals surface area (Å²) < 4.78 is 20.8. The van der Waals surface area contributed by atoms with E-state index in [2.05, 4.69) is 41.1 Å². The van der Waals surface area contributed by atoms with E-state index in [1.165, 1.54) is 17.2 Å². The lowest BCUT2D eigenvalue weighted by atomic mass is 9.87. The second-order valence-corrected chi connectivity index (χ2v) is 9.71. The monoisotopic (exact) mass is 487 g/mol. The molecular formula is C28H30FN5O2. The Morgan fingerprint density at radius 1 is 1.17 bits per heavy atom. The molecule has 0 aliphatic carbocycles. The molecule has 4 aromatic rings. The van der Waals surface area contributed by atoms with Crippen molar-refractivity contribution in [2.24, 2.45) is 0 Å². The summed E-state index contributed by atoms with van der Waals surface area (Å²) in [4.78, 5) is 26.1. The maximum absolute atomic E-state index is 15.2. The van der Waals surface area contributed by atoms with Crippen LogP contribution in [0.15, 0.2) is 47.5 Å². The van der Waals surface area contributed by atoms with Crippen LogP contribution >= 0.6 is 0 Å². The van der Waals surface area contributed by atoms with E-state index in [9.17, 15) is 4.79 Å². The van der Waals surface area contributed by atoms with Crippen LogP contribution in [-0.2, 0) is 11.3 Å². The SMILES string of the molecule is Cc1c[nH]c(=O)c2cc(F)c(-c3nc(-c4ccc(C5CCOCC5)c(CN(C)C)c4)cnc3N)cc12. The summed E-state index contributed by atoms with van der Waals surface area (Å²) in [5.41, 5.74) is 11.2. The highest BCUT2D eigenvalue weighted by atomic mass is 19.1. The zero-order valence-electron chi connectivity index (χ0n) is 20.8. The van der Waals surface area contributed by atoms with Gasteiger partial charge in [-0.25, -0.2) is 14.4 Å². The Morgan fingerprint density at radius 2 is 1.94 bits per heavy atom. The predicted molar refractivity (Wildman–Crippen MR) is 140 cm³/mol. The van der Waals surface area contributed by atoms with Crippen LogP contribution in [0.2, 0.25) is 0 Å². The molecule has 0 bridgehead atoms. The van der Waals surface area contributed by atoms with Crippen LogP contribution in [0.1, 0.15) is 35.4 Å². The third kappa shape index (κ3) is 4.62. The Balaban J connectivity index is 1.60. The predicted octanol–water partition coefficient (Wildman–Crippen LogP) is 4.64. The first-order valence-electron chi connectivity index (χ1n) is 12.1. The lowest BCUT2D eigenvalue weighted by Gasteiger charge is -2.26. The number of fused-ring (bicyclic) bond motifs is 1. The third-order valence-corrected chi connectivity index (χ3v) is 6.84. The molecule has 0 saturated carbocycles. The fraction of sp³-hybridized carbons (Fsp3) is 0.321. The van der Waals surface area contributed by atoms with Crippen molar-refractivity contribution >= 4 is 16.6 Å². The minimum atomic E-state index is -0.570. The molecule has 1 saturated heterocycles. The van der Waals surface area contributed by atoms with E-state index < -0.39 is 5.82 Å². The Labute approximate surface area is 209 Å². The molecular weight excluding hydrogens is 457 g/mol. The largest absolute Gasteiger partial charge is 0.382 e. The molecule has 0 amide bonds. The summed E-state index contributed by atoms with van der Waals surface area (Å²) in [6.45, 7) is 4.22. The highest BCUT2D eigenvalue weighted by molar-refractivity contribution is 5.90. The number of hydrogen-bond donors (Lipinski definition) is 2. The van der Waals surface area contributed by atoms with Gasteiger partial charge in [-0.2, -0.15) is 0 Å². The molecule has 0 atom stereocenters. The fourth-order valence-electron chi connectivity index (χ4n) is 4.98. The van der Waals surface area contributed by atoms with Crippen molar-refractivity contribution in [1.29, 1.82) is 0 Å². The van der Waals surface area contributed by atoms with Gasteiger partial charge in [0.2, 0.25) is 0 Å². The maximum Gasteiger partial charge on any atom is 0.255 e. The average molecular weight is 488 g/mol. The van der Waals surface area contributed by atoms with Gasteiger partial charge < -0.3 is 20.4 Å². The molecule has 1 fully saturated rings. The summed E-state index contributed by atoms with van der Waals surface area (Å²) in [7, 11) is 4.11. The fourth-order valence-corrected chi connectivity index (χ4v) is 4.98. The molecule has 2 aromatic carbocycles. The van der Waals surface area contributed by atoms with E-state index in [0.717, 1.165) is 43.7 Å². The number of nitrogens with one attached hydrogen (secondary N) is 1. The molecule has 0 radical (unpaired) electrons. The normalized spacial score (nSPS) is 14.6. The van der Waals surface area contributed by atoms with Crippen LogP contribution in [0.4, 0.5) is 10.2 Å². The smallest absolute Gasteiger partial charge is 0.255 e. The number of hydrogen-bond acceptors (Lipinski definition) is 6. The average Bonchev–Trinajstić information content (AvgIpc) is 2.87. The van der Waals surface area contributed by atoms with Gasteiger partial charge in [0.25, 0.3) is 5.56 Å². The number of aryl methyl sites for hydroxylation is 1. The van der Waals surface area contributed by atoms with Gasteiger partial charge in [-0.05, 0) is 80.1 Å². The molecule has 5 rings (SSSR count). The van der Waals surface area contributed by atoms with E-state index in [4.69, 9.17) is 15.5 Å². The third-order valence-electron chi connectivity index (χ3n) is 6.84. The number of pyridine rings is 1. The Bertz CT molecular complexity index is 1490. The van der Waals surface area contributed by atoms with Crippen LogP contribution in [0, 0.1) is 12.7 Å². The van der Waals surface area contributed by atoms with Gasteiger partial charge in [-0.15, -0.1) is 0 Å². The Morgan fingerprint density at radius 3 is 2.69 bits per heavy atom. The van der Waals surface area contributed by atoms with Gasteiger partial charge in [0.15, 0.2) is 0 Å². The van der Waals surface area contributed by atoms with E-state index in [1.807, 2.05) is 13.0 Å². The molecule has 1 aliphatic heterocycles. The van der Waals surface area contributed by atoms with Crippen LogP contribution in [0.5, 0.6) is 0 Å². The van der Waals surface area contributed by atoms with Gasteiger partial charge in [0.05, 0.1) is 17.3 Å². The van der Waals surface area contributed by atoms with Gasteiger partial charge in [0.1, 0.15) is 17.3 Å². The van der Waals surface area contributed by atoms with E-state index in [-0.39, 0.29) is 28.0 Å². The number of rotatable bonds is 5. The molecule has 3 heterocycles. The first kappa shape index (κ1) is 24.1. The number of aromatic amines is 1. The first-order valence-corrected chi connectivity index (χ1v) is 12.1. The lowest BCUT2D eigenvalue weighted by Crippen LogP contribution is -2.18. The number of nitrogens with zero attached hydrogens (tertiary/aromatic N) is 3. The summed E-state index contributed by atoms with van der Waals surface area (Å²) in [6.07, 6.45) is 5.25. The first-order chi connectivity index (χ1) is 17.3. The van der Waals surface area contributed by atoms with Crippen molar-refractivity contribution in [3.63, 3.8) is 0 Å². The highest BCUT2D eigenvalue weighted by Gasteiger charge is 2.21. The maximum atomic E-state index is 15.2. The van der Waals surface area contributed by atoms with Crippen LogP contribution in [0.3, 0.4) is 0 Å². The number of halogens is 1. The van der Waals surface area contributed by atoms with E-state index in [0.29, 0.717) is 17.0 Å². The molecule has 36 heavy (non-hydrogen) atoms. The van der Waals surface area contributed by atoms with Crippen molar-refractivity contribution in [3.05, 3.63) is 75.6 Å². The number of H-pyrrole nitrogens is 1. The minimum absolute atomic E-state index is 0.131. The van der Waals surface area contributed by atoms with Crippen molar-refractivity contribution < 1.29 is 9.13 Å². The quantitative estimate of drug-likeness (QED) is 0.426. The van der Waals surface area contributed by atoms with Gasteiger partial charge >= 0.3 is 0 Å². The van der Waals surface area contributed by atoms with Gasteiger partial charge in [0, 0.05) is 37.1 Å². The van der Waals surface area contributed by atoms with Crippen LogP contribution in [-0.4, -0.2) is 47.2 Å². The molecule has 2 aromatic heterocycles.